The summed E-state index contributed by atoms with van der Waals surface area (Å²) in [5.41, 5.74) is 0.595. The first kappa shape index (κ1) is 15.7. The number of aliphatic hydroxyl groups is 1. The Morgan fingerprint density at radius 1 is 1.31 bits per heavy atom. The van der Waals surface area contributed by atoms with Crippen LogP contribution in [0.3, 0.4) is 0 Å². The Balaban J connectivity index is 0.00000112. The van der Waals surface area contributed by atoms with E-state index in [1.54, 1.807) is 0 Å². The van der Waals surface area contributed by atoms with Gasteiger partial charge in [-0.25, -0.2) is 0 Å². The van der Waals surface area contributed by atoms with Crippen molar-refractivity contribution in [1.29, 1.82) is 0 Å². The van der Waals surface area contributed by atoms with Gasteiger partial charge in [0.25, 0.3) is 0 Å². The first-order valence-corrected chi connectivity index (χ1v) is 4.04. The number of hydrogen-bond donors (Lipinski definition) is 1. The van der Waals surface area contributed by atoms with Crippen LogP contribution in [-0.4, -0.2) is 26.2 Å². The topological polar surface area (TPSA) is 38.7 Å². The van der Waals surface area contributed by atoms with E-state index in [2.05, 4.69) is 4.74 Å². The van der Waals surface area contributed by atoms with Crippen molar-refractivity contribution >= 4 is 8.41 Å². The van der Waals surface area contributed by atoms with Gasteiger partial charge >= 0.3 is 35.7 Å². The van der Waals surface area contributed by atoms with Crippen LogP contribution in [0.2, 0.25) is 0 Å². The van der Waals surface area contributed by atoms with E-state index in [-0.39, 0.29) is 56.1 Å². The molecule has 1 heterocycles. The van der Waals surface area contributed by atoms with Crippen molar-refractivity contribution in [1.82, 2.24) is 0 Å². The van der Waals surface area contributed by atoms with Crippen LogP contribution in [0, 0.1) is 0 Å². The minimum atomic E-state index is -3.27. The summed E-state index contributed by atoms with van der Waals surface area (Å²) in [6, 6.07) is 4.34. The van der Waals surface area contributed by atoms with Gasteiger partial charge in [0.2, 0.25) is 0 Å². The Morgan fingerprint density at radius 2 is 2.00 bits per heavy atom. The largest absolute Gasteiger partial charge is 1.00 e. The van der Waals surface area contributed by atoms with Crippen LogP contribution in [0.4, 0.5) is 8.78 Å². The summed E-state index contributed by atoms with van der Waals surface area (Å²) in [7, 11) is 0. The number of fused-ring (bicyclic) bond motifs is 1. The van der Waals surface area contributed by atoms with Crippen LogP contribution in [0.1, 0.15) is 5.56 Å². The van der Waals surface area contributed by atoms with Crippen LogP contribution in [-0.2, 0) is 6.61 Å². The molecule has 84 valence electrons. The van der Waals surface area contributed by atoms with Gasteiger partial charge in [0.05, 0.1) is 6.61 Å². The molecule has 16 heavy (non-hydrogen) atoms. The van der Waals surface area contributed by atoms with Gasteiger partial charge in [-0.1, -0.05) is 14.5 Å². The van der Waals surface area contributed by atoms with E-state index in [1.165, 1.54) is 18.2 Å². The van der Waals surface area contributed by atoms with E-state index in [1.807, 2.05) is 0 Å². The molecular formula is C9H12BF2NaO3. The van der Waals surface area contributed by atoms with Gasteiger partial charge in [0.15, 0.2) is 18.1 Å². The number of hydrogen-bond acceptors (Lipinski definition) is 3. The fourth-order valence-electron chi connectivity index (χ4n) is 1.20. The average molecular weight is 240 g/mol. The third-order valence-corrected chi connectivity index (χ3v) is 1.85. The monoisotopic (exact) mass is 240 g/mol. The summed E-state index contributed by atoms with van der Waals surface area (Å²) in [5.74, 6) is 0.237. The maximum Gasteiger partial charge on any atom is 1.00 e. The second kappa shape index (κ2) is 5.86. The van der Waals surface area contributed by atoms with Crippen LogP contribution in [0.5, 0.6) is 11.5 Å². The Labute approximate surface area is 116 Å². The molecule has 0 atom stereocenters. The van der Waals surface area contributed by atoms with Gasteiger partial charge in [-0.2, -0.15) is 8.78 Å². The zero-order chi connectivity index (χ0) is 10.2. The van der Waals surface area contributed by atoms with Gasteiger partial charge in [-0.15, -0.1) is 0 Å². The standard InChI is InChI=1S/C9H8F2O3.BH4.Na/c10-9(11)5-13-8-3-6(4-12)1-2-7(8)14-9;;/h1-3,12H,4-5H2;1H4;/q;-1;+1. The maximum absolute atomic E-state index is 12.7. The molecule has 1 aliphatic heterocycles. The summed E-state index contributed by atoms with van der Waals surface area (Å²) in [4.78, 5) is 0. The molecule has 0 fully saturated rings. The van der Waals surface area contributed by atoms with Crippen LogP contribution >= 0.6 is 0 Å². The van der Waals surface area contributed by atoms with Crippen LogP contribution < -0.4 is 39.0 Å². The average Bonchev–Trinajstić information content (AvgIpc) is 2.16. The molecule has 7 heteroatoms. The Kier molecular flexibility index (Phi) is 5.75. The fraction of sp³-hybridized carbons (Fsp3) is 0.333. The number of aliphatic hydroxyl groups excluding tert-OH is 1. The quantitative estimate of drug-likeness (QED) is 0.535. The van der Waals surface area contributed by atoms with Crippen molar-refractivity contribution < 1.29 is 52.9 Å². The molecule has 0 aliphatic carbocycles. The van der Waals surface area contributed by atoms with Crippen molar-refractivity contribution in [2.24, 2.45) is 0 Å². The predicted octanol–water partition coefficient (Wildman–Crippen LogP) is -2.90. The van der Waals surface area contributed by atoms with Crippen molar-refractivity contribution in [2.75, 3.05) is 6.61 Å². The van der Waals surface area contributed by atoms with E-state index >= 15 is 0 Å². The van der Waals surface area contributed by atoms with Crippen molar-refractivity contribution in [3.8, 4) is 11.5 Å². The van der Waals surface area contributed by atoms with Crippen LogP contribution in [0.25, 0.3) is 0 Å². The summed E-state index contributed by atoms with van der Waals surface area (Å²) < 4.78 is 34.5. The van der Waals surface area contributed by atoms with Crippen molar-refractivity contribution in [3.63, 3.8) is 0 Å². The van der Waals surface area contributed by atoms with Gasteiger partial charge < -0.3 is 14.6 Å². The molecule has 1 aromatic carbocycles. The predicted molar refractivity (Wildman–Crippen MR) is 54.8 cm³/mol. The Hall–Kier alpha value is -0.295. The molecule has 1 aromatic rings. The normalized spacial score (nSPS) is 15.7. The summed E-state index contributed by atoms with van der Waals surface area (Å²) in [5, 5.41) is 8.80. The zero-order valence-electron chi connectivity index (χ0n) is 8.17. The molecule has 0 spiro atoms. The Bertz CT molecular complexity index is 363. The molecule has 3 nitrogen and oxygen atoms in total. The van der Waals surface area contributed by atoms with Crippen molar-refractivity contribution in [3.05, 3.63) is 23.8 Å². The third kappa shape index (κ3) is 3.35. The Morgan fingerprint density at radius 3 is 2.62 bits per heavy atom. The first-order valence-electron chi connectivity index (χ1n) is 4.04. The summed E-state index contributed by atoms with van der Waals surface area (Å²) >= 11 is 0. The number of ether oxygens (including phenoxy) is 2. The van der Waals surface area contributed by atoms with E-state index in [9.17, 15) is 8.78 Å². The van der Waals surface area contributed by atoms with E-state index in [0.717, 1.165) is 0 Å². The summed E-state index contributed by atoms with van der Waals surface area (Å²) in [6.07, 6.45) is -3.27. The minimum Gasteiger partial charge on any atom is -0.479 e. The molecule has 2 rings (SSSR count). The van der Waals surface area contributed by atoms with E-state index in [0.29, 0.717) is 5.56 Å². The fourth-order valence-corrected chi connectivity index (χ4v) is 1.20. The van der Waals surface area contributed by atoms with Gasteiger partial charge in [0, 0.05) is 0 Å². The third-order valence-electron chi connectivity index (χ3n) is 1.85. The van der Waals surface area contributed by atoms with E-state index in [4.69, 9.17) is 9.84 Å². The number of halogens is 2. The van der Waals surface area contributed by atoms with Crippen LogP contribution in [0.15, 0.2) is 18.2 Å². The first-order chi connectivity index (χ1) is 6.61. The SMILES string of the molecule is OCc1ccc2c(c1)OCC(F)(F)O2.[BH4-].[Na+]. The number of benzene rings is 1. The molecule has 0 radical (unpaired) electrons. The molecule has 0 bridgehead atoms. The molecule has 0 saturated heterocycles. The molecule has 1 N–H and O–H groups in total. The van der Waals surface area contributed by atoms with Gasteiger partial charge in [-0.05, 0) is 17.7 Å². The molecule has 1 aliphatic rings. The summed E-state index contributed by atoms with van der Waals surface area (Å²) in [6.45, 7) is -0.956. The smallest absolute Gasteiger partial charge is 0.479 e. The van der Waals surface area contributed by atoms with Gasteiger partial charge in [-0.3, -0.25) is 0 Å². The molecule has 0 saturated carbocycles. The van der Waals surface area contributed by atoms with Crippen molar-refractivity contribution in [2.45, 2.75) is 12.7 Å². The number of alkyl halides is 2. The zero-order valence-corrected chi connectivity index (χ0v) is 10.2. The number of rotatable bonds is 1. The van der Waals surface area contributed by atoms with E-state index < -0.39 is 12.7 Å². The van der Waals surface area contributed by atoms with Gasteiger partial charge in [0.1, 0.15) is 0 Å². The second-order valence-electron chi connectivity index (χ2n) is 2.97. The molecule has 0 amide bonds. The molecule has 0 aromatic heterocycles. The molecular weight excluding hydrogens is 228 g/mol. The minimum absolute atomic E-state index is 0. The maximum atomic E-state index is 12.7. The second-order valence-corrected chi connectivity index (χ2v) is 2.97. The molecule has 0 unspecified atom stereocenters.